The summed E-state index contributed by atoms with van der Waals surface area (Å²) in [5.74, 6) is 0. The molecule has 0 unspecified atom stereocenters. The Labute approximate surface area is 90.1 Å². The molecule has 0 fully saturated rings. The van der Waals surface area contributed by atoms with E-state index in [1.807, 2.05) is 10.6 Å². The van der Waals surface area contributed by atoms with E-state index in [0.717, 1.165) is 17.8 Å². The number of aryl methyl sites for hydroxylation is 1. The van der Waals surface area contributed by atoms with Gasteiger partial charge in [-0.3, -0.25) is 0 Å². The van der Waals surface area contributed by atoms with Gasteiger partial charge in [0.2, 0.25) is 0 Å². The Balaban J connectivity index is 2.74. The number of nitrogens with zero attached hydrogens (tertiary/aromatic N) is 3. The van der Waals surface area contributed by atoms with Crippen LogP contribution in [0.25, 0.3) is 5.65 Å². The number of hydrogen-bond acceptors (Lipinski definition) is 2. The molecule has 0 atom stereocenters. The highest BCUT2D eigenvalue weighted by atomic mass is 15.3. The maximum absolute atomic E-state index is 4.53. The van der Waals surface area contributed by atoms with E-state index in [9.17, 15) is 0 Å². The molecule has 0 saturated carbocycles. The molecule has 15 heavy (non-hydrogen) atoms. The monoisotopic (exact) mass is 203 g/mol. The van der Waals surface area contributed by atoms with Gasteiger partial charge in [-0.05, 0) is 12.5 Å². The standard InChI is InChI=1S/C12H17N3/c1-5-9-8-10(12(2,3)4)15-11(14-9)6-7-13-15/h6-8H,5H2,1-4H3. The predicted octanol–water partition coefficient (Wildman–Crippen LogP) is 2.59. The van der Waals surface area contributed by atoms with Gasteiger partial charge in [0.15, 0.2) is 5.65 Å². The van der Waals surface area contributed by atoms with Gasteiger partial charge in [0, 0.05) is 17.2 Å². The van der Waals surface area contributed by atoms with Crippen molar-refractivity contribution in [1.82, 2.24) is 14.6 Å². The fourth-order valence-electron chi connectivity index (χ4n) is 1.68. The smallest absolute Gasteiger partial charge is 0.155 e. The lowest BCUT2D eigenvalue weighted by molar-refractivity contribution is 0.545. The van der Waals surface area contributed by atoms with Crippen LogP contribution in [-0.4, -0.2) is 14.6 Å². The fraction of sp³-hybridized carbons (Fsp3) is 0.500. The van der Waals surface area contributed by atoms with Crippen molar-refractivity contribution >= 4 is 5.65 Å². The minimum absolute atomic E-state index is 0.0944. The lowest BCUT2D eigenvalue weighted by Crippen LogP contribution is -2.18. The van der Waals surface area contributed by atoms with Gasteiger partial charge in [0.1, 0.15) is 0 Å². The van der Waals surface area contributed by atoms with Gasteiger partial charge >= 0.3 is 0 Å². The van der Waals surface area contributed by atoms with E-state index in [0.29, 0.717) is 0 Å². The van der Waals surface area contributed by atoms with Crippen LogP contribution < -0.4 is 0 Å². The van der Waals surface area contributed by atoms with E-state index >= 15 is 0 Å². The Bertz CT molecular complexity index is 477. The molecule has 3 nitrogen and oxygen atoms in total. The number of aromatic nitrogens is 3. The summed E-state index contributed by atoms with van der Waals surface area (Å²) in [6.07, 6.45) is 2.77. The van der Waals surface area contributed by atoms with Crippen LogP contribution in [0.5, 0.6) is 0 Å². The summed E-state index contributed by atoms with van der Waals surface area (Å²) in [7, 11) is 0. The number of fused-ring (bicyclic) bond motifs is 1. The Morgan fingerprint density at radius 3 is 2.67 bits per heavy atom. The van der Waals surface area contributed by atoms with Crippen molar-refractivity contribution in [3.8, 4) is 0 Å². The van der Waals surface area contributed by atoms with Crippen molar-refractivity contribution in [3.63, 3.8) is 0 Å². The molecule has 0 aliphatic heterocycles. The van der Waals surface area contributed by atoms with Gasteiger partial charge in [-0.15, -0.1) is 0 Å². The zero-order valence-electron chi connectivity index (χ0n) is 9.78. The van der Waals surface area contributed by atoms with Gasteiger partial charge in [-0.2, -0.15) is 5.10 Å². The molecule has 0 bridgehead atoms. The summed E-state index contributed by atoms with van der Waals surface area (Å²) < 4.78 is 1.93. The first-order valence-corrected chi connectivity index (χ1v) is 5.36. The highest BCUT2D eigenvalue weighted by molar-refractivity contribution is 5.40. The van der Waals surface area contributed by atoms with Crippen molar-refractivity contribution in [2.24, 2.45) is 0 Å². The first-order chi connectivity index (χ1) is 7.02. The highest BCUT2D eigenvalue weighted by Crippen LogP contribution is 2.23. The maximum atomic E-state index is 4.53. The summed E-state index contributed by atoms with van der Waals surface area (Å²) in [4.78, 5) is 4.53. The molecule has 0 amide bonds. The molecule has 80 valence electrons. The molecule has 0 aromatic carbocycles. The molecule has 0 radical (unpaired) electrons. The van der Waals surface area contributed by atoms with E-state index in [2.05, 4.69) is 43.8 Å². The molecule has 2 aromatic heterocycles. The third-order valence-corrected chi connectivity index (χ3v) is 2.54. The summed E-state index contributed by atoms with van der Waals surface area (Å²) in [5.41, 5.74) is 3.39. The average Bonchev–Trinajstić information content (AvgIpc) is 2.61. The molecule has 2 rings (SSSR count). The first kappa shape index (κ1) is 10.1. The van der Waals surface area contributed by atoms with Crippen molar-refractivity contribution < 1.29 is 0 Å². The van der Waals surface area contributed by atoms with Crippen molar-refractivity contribution in [2.45, 2.75) is 39.5 Å². The lowest BCUT2D eigenvalue weighted by Gasteiger charge is -2.20. The van der Waals surface area contributed by atoms with E-state index in [-0.39, 0.29) is 5.41 Å². The van der Waals surface area contributed by atoms with Gasteiger partial charge in [0.05, 0.1) is 11.9 Å². The molecule has 0 aliphatic rings. The van der Waals surface area contributed by atoms with E-state index in [1.54, 1.807) is 6.20 Å². The Morgan fingerprint density at radius 1 is 1.33 bits per heavy atom. The van der Waals surface area contributed by atoms with Gasteiger partial charge in [0.25, 0.3) is 0 Å². The molecule has 2 aromatic rings. The maximum Gasteiger partial charge on any atom is 0.155 e. The van der Waals surface area contributed by atoms with Crippen LogP contribution in [0.2, 0.25) is 0 Å². The highest BCUT2D eigenvalue weighted by Gasteiger charge is 2.19. The minimum Gasteiger partial charge on any atom is -0.234 e. The zero-order chi connectivity index (χ0) is 11.1. The van der Waals surface area contributed by atoms with Gasteiger partial charge < -0.3 is 0 Å². The van der Waals surface area contributed by atoms with Crippen LogP contribution in [-0.2, 0) is 11.8 Å². The largest absolute Gasteiger partial charge is 0.234 e. The van der Waals surface area contributed by atoms with E-state index in [4.69, 9.17) is 0 Å². The van der Waals surface area contributed by atoms with Crippen molar-refractivity contribution in [1.29, 1.82) is 0 Å². The summed E-state index contributed by atoms with van der Waals surface area (Å²) in [5, 5.41) is 4.31. The molecule has 0 N–H and O–H groups in total. The quantitative estimate of drug-likeness (QED) is 0.713. The Hall–Kier alpha value is -1.38. The van der Waals surface area contributed by atoms with Crippen LogP contribution in [0.3, 0.4) is 0 Å². The molecular formula is C12H17N3. The number of rotatable bonds is 1. The van der Waals surface area contributed by atoms with Crippen molar-refractivity contribution in [2.75, 3.05) is 0 Å². The summed E-state index contributed by atoms with van der Waals surface area (Å²) >= 11 is 0. The lowest BCUT2D eigenvalue weighted by atomic mass is 9.91. The third kappa shape index (κ3) is 1.74. The first-order valence-electron chi connectivity index (χ1n) is 5.36. The number of hydrogen-bond donors (Lipinski definition) is 0. The van der Waals surface area contributed by atoms with Crippen LogP contribution in [0.1, 0.15) is 39.1 Å². The Morgan fingerprint density at radius 2 is 2.07 bits per heavy atom. The predicted molar refractivity (Wildman–Crippen MR) is 61.1 cm³/mol. The van der Waals surface area contributed by atoms with Crippen LogP contribution in [0.15, 0.2) is 18.3 Å². The van der Waals surface area contributed by atoms with Crippen LogP contribution >= 0.6 is 0 Å². The zero-order valence-corrected chi connectivity index (χ0v) is 9.78. The van der Waals surface area contributed by atoms with Crippen molar-refractivity contribution in [3.05, 3.63) is 29.7 Å². The van der Waals surface area contributed by atoms with Crippen LogP contribution in [0, 0.1) is 0 Å². The molecule has 3 heteroatoms. The second-order valence-corrected chi connectivity index (χ2v) is 4.84. The van der Waals surface area contributed by atoms with Crippen LogP contribution in [0.4, 0.5) is 0 Å². The normalized spacial score (nSPS) is 12.3. The average molecular weight is 203 g/mol. The minimum atomic E-state index is 0.0944. The second-order valence-electron chi connectivity index (χ2n) is 4.84. The summed E-state index contributed by atoms with van der Waals surface area (Å²) in [6, 6.07) is 4.11. The molecule has 0 aliphatic carbocycles. The SMILES string of the molecule is CCc1cc(C(C)(C)C)n2nccc2n1. The van der Waals surface area contributed by atoms with E-state index in [1.165, 1.54) is 5.69 Å². The topological polar surface area (TPSA) is 30.2 Å². The Kier molecular flexibility index (Phi) is 2.25. The molecule has 2 heterocycles. The molecule has 0 spiro atoms. The third-order valence-electron chi connectivity index (χ3n) is 2.54. The molecular weight excluding hydrogens is 186 g/mol. The summed E-state index contributed by atoms with van der Waals surface area (Å²) in [6.45, 7) is 8.72. The van der Waals surface area contributed by atoms with Gasteiger partial charge in [-0.1, -0.05) is 27.7 Å². The fourth-order valence-corrected chi connectivity index (χ4v) is 1.68. The van der Waals surface area contributed by atoms with E-state index < -0.39 is 0 Å². The van der Waals surface area contributed by atoms with Gasteiger partial charge in [-0.25, -0.2) is 9.50 Å². The second kappa shape index (κ2) is 3.33. The molecule has 0 saturated heterocycles.